The van der Waals surface area contributed by atoms with Crippen LogP contribution in [0.5, 0.6) is 5.75 Å². The number of hydrogen-bond acceptors (Lipinski definition) is 3. The summed E-state index contributed by atoms with van der Waals surface area (Å²) in [4.78, 5) is 4.11. The second-order valence-corrected chi connectivity index (χ2v) is 5.00. The molecule has 3 nitrogen and oxygen atoms in total. The number of benzene rings is 2. The van der Waals surface area contributed by atoms with Gasteiger partial charge in [-0.15, -0.1) is 0 Å². The van der Waals surface area contributed by atoms with E-state index in [4.69, 9.17) is 4.74 Å². The van der Waals surface area contributed by atoms with E-state index in [1.54, 1.807) is 7.11 Å². The molecule has 0 aliphatic heterocycles. The molecule has 3 rings (SSSR count). The van der Waals surface area contributed by atoms with Crippen molar-refractivity contribution < 1.29 is 17.1 Å². The number of nitrogens with one attached hydrogen (secondary N) is 1. The maximum absolute atomic E-state index is 5.21. The van der Waals surface area contributed by atoms with Gasteiger partial charge >= 0.3 is 0 Å². The van der Waals surface area contributed by atoms with Crippen molar-refractivity contribution in [2.24, 2.45) is 0 Å². The monoisotopic (exact) mass is 325 g/mol. The molecule has 0 radical (unpaired) electrons. The summed E-state index contributed by atoms with van der Waals surface area (Å²) < 4.78 is 5.21. The number of halogens is 1. The van der Waals surface area contributed by atoms with Gasteiger partial charge in [-0.1, -0.05) is 30.3 Å². The van der Waals surface area contributed by atoms with E-state index >= 15 is 0 Å². The van der Waals surface area contributed by atoms with Gasteiger partial charge in [0.1, 0.15) is 5.75 Å². The van der Waals surface area contributed by atoms with Gasteiger partial charge < -0.3 is 22.5 Å². The lowest BCUT2D eigenvalue weighted by Gasteiger charge is -2.21. The number of methoxy groups -OCH3 is 1. The minimum atomic E-state index is 0. The minimum absolute atomic E-state index is 0. The van der Waals surface area contributed by atoms with Gasteiger partial charge in [0.25, 0.3) is 0 Å². The normalized spacial score (nSPS) is 11.2. The summed E-state index contributed by atoms with van der Waals surface area (Å²) in [5, 5.41) is 3.58. The average Bonchev–Trinajstić information content (AvgIpc) is 2.62. The lowest BCUT2D eigenvalue weighted by atomic mass is 9.99. The minimum Gasteiger partial charge on any atom is -1.00 e. The SMILES string of the molecule is COc1ccc(NC(c2ccccc2)c2ccncc2)cc1.[Cl-]. The topological polar surface area (TPSA) is 34.1 Å². The number of ether oxygens (including phenoxy) is 1. The molecule has 0 amide bonds. The fourth-order valence-electron chi connectivity index (χ4n) is 2.41. The lowest BCUT2D eigenvalue weighted by Crippen LogP contribution is -3.00. The Balaban J connectivity index is 0.00000192. The van der Waals surface area contributed by atoms with Crippen LogP contribution in [-0.4, -0.2) is 12.1 Å². The van der Waals surface area contributed by atoms with E-state index in [-0.39, 0.29) is 18.4 Å². The van der Waals surface area contributed by atoms with Gasteiger partial charge in [0, 0.05) is 18.1 Å². The van der Waals surface area contributed by atoms with Crippen LogP contribution in [0.25, 0.3) is 0 Å². The van der Waals surface area contributed by atoms with Crippen LogP contribution in [0.4, 0.5) is 5.69 Å². The highest BCUT2D eigenvalue weighted by molar-refractivity contribution is 5.51. The predicted octanol–water partition coefficient (Wildman–Crippen LogP) is 1.30. The van der Waals surface area contributed by atoms with Gasteiger partial charge in [0.05, 0.1) is 13.2 Å². The molecule has 1 heterocycles. The van der Waals surface area contributed by atoms with Crippen molar-refractivity contribution in [1.82, 2.24) is 4.98 Å². The summed E-state index contributed by atoms with van der Waals surface area (Å²) in [5.74, 6) is 0.853. The van der Waals surface area contributed by atoms with Crippen LogP contribution in [0.2, 0.25) is 0 Å². The standard InChI is InChI=1S/C19H18N2O.ClH/c1-22-18-9-7-17(8-10-18)21-19(15-5-3-2-4-6-15)16-11-13-20-14-12-16;/h2-14,19,21H,1H3;1H/p-1. The average molecular weight is 326 g/mol. The van der Waals surface area contributed by atoms with E-state index in [1.165, 1.54) is 11.1 Å². The molecule has 1 atom stereocenters. The first-order chi connectivity index (χ1) is 10.9. The van der Waals surface area contributed by atoms with E-state index in [9.17, 15) is 0 Å². The molecule has 2 aromatic carbocycles. The molecule has 4 heteroatoms. The highest BCUT2D eigenvalue weighted by Gasteiger charge is 2.13. The van der Waals surface area contributed by atoms with Crippen LogP contribution >= 0.6 is 0 Å². The summed E-state index contributed by atoms with van der Waals surface area (Å²) in [6.45, 7) is 0. The third-order valence-corrected chi connectivity index (χ3v) is 3.57. The zero-order valence-corrected chi connectivity index (χ0v) is 13.6. The predicted molar refractivity (Wildman–Crippen MR) is 89.1 cm³/mol. The Kier molecular flexibility index (Phi) is 6.01. The number of pyridine rings is 1. The van der Waals surface area contributed by atoms with Gasteiger partial charge in [-0.05, 0) is 47.5 Å². The Morgan fingerprint density at radius 1 is 0.826 bits per heavy atom. The third-order valence-electron chi connectivity index (χ3n) is 3.57. The van der Waals surface area contributed by atoms with Crippen molar-refractivity contribution >= 4 is 5.69 Å². The van der Waals surface area contributed by atoms with Gasteiger partial charge in [-0.3, -0.25) is 4.98 Å². The quantitative estimate of drug-likeness (QED) is 0.768. The molecule has 23 heavy (non-hydrogen) atoms. The summed E-state index contributed by atoms with van der Waals surface area (Å²) in [5.41, 5.74) is 3.44. The van der Waals surface area contributed by atoms with Gasteiger partial charge in [-0.25, -0.2) is 0 Å². The zero-order chi connectivity index (χ0) is 15.2. The van der Waals surface area contributed by atoms with Crippen LogP contribution in [0.3, 0.4) is 0 Å². The Morgan fingerprint density at radius 3 is 2.04 bits per heavy atom. The number of rotatable bonds is 5. The third kappa shape index (κ3) is 4.24. The van der Waals surface area contributed by atoms with Crippen LogP contribution in [-0.2, 0) is 0 Å². The van der Waals surface area contributed by atoms with Crippen molar-refractivity contribution in [3.05, 3.63) is 90.3 Å². The smallest absolute Gasteiger partial charge is 0.119 e. The second kappa shape index (κ2) is 8.20. The maximum Gasteiger partial charge on any atom is 0.119 e. The van der Waals surface area contributed by atoms with Gasteiger partial charge in [0.2, 0.25) is 0 Å². The van der Waals surface area contributed by atoms with Crippen LogP contribution in [0.15, 0.2) is 79.1 Å². The summed E-state index contributed by atoms with van der Waals surface area (Å²) in [7, 11) is 1.67. The number of aromatic nitrogens is 1. The van der Waals surface area contributed by atoms with Crippen LogP contribution in [0.1, 0.15) is 17.2 Å². The fraction of sp³-hybridized carbons (Fsp3) is 0.105. The molecule has 0 saturated heterocycles. The molecule has 0 spiro atoms. The molecular weight excluding hydrogens is 308 g/mol. The van der Waals surface area contributed by atoms with Crippen molar-refractivity contribution in [2.75, 3.05) is 12.4 Å². The summed E-state index contributed by atoms with van der Waals surface area (Å²) in [6.07, 6.45) is 3.64. The Bertz CT molecular complexity index is 663. The molecule has 0 fully saturated rings. The summed E-state index contributed by atoms with van der Waals surface area (Å²) >= 11 is 0. The van der Waals surface area contributed by atoms with E-state index in [0.717, 1.165) is 11.4 Å². The molecule has 1 aromatic heterocycles. The Hall–Kier alpha value is -2.52. The molecule has 3 aromatic rings. The molecule has 0 bridgehead atoms. The molecule has 0 saturated carbocycles. The first-order valence-corrected chi connectivity index (χ1v) is 7.22. The van der Waals surface area contributed by atoms with E-state index in [2.05, 4.69) is 34.6 Å². The molecule has 1 N–H and O–H groups in total. The number of nitrogens with zero attached hydrogens (tertiary/aromatic N) is 1. The zero-order valence-electron chi connectivity index (χ0n) is 12.8. The van der Waals surface area contributed by atoms with E-state index in [1.807, 2.05) is 54.9 Å². The van der Waals surface area contributed by atoms with Crippen molar-refractivity contribution in [3.63, 3.8) is 0 Å². The fourth-order valence-corrected chi connectivity index (χ4v) is 2.41. The largest absolute Gasteiger partial charge is 1.00 e. The van der Waals surface area contributed by atoms with E-state index < -0.39 is 0 Å². The number of hydrogen-bond donors (Lipinski definition) is 1. The van der Waals surface area contributed by atoms with Crippen molar-refractivity contribution in [2.45, 2.75) is 6.04 Å². The first kappa shape index (κ1) is 16.8. The van der Waals surface area contributed by atoms with Crippen molar-refractivity contribution in [1.29, 1.82) is 0 Å². The van der Waals surface area contributed by atoms with Crippen LogP contribution < -0.4 is 22.5 Å². The molecule has 1 unspecified atom stereocenters. The summed E-state index contributed by atoms with van der Waals surface area (Å²) in [6, 6.07) is 22.5. The first-order valence-electron chi connectivity index (χ1n) is 7.22. The molecule has 118 valence electrons. The highest BCUT2D eigenvalue weighted by Crippen LogP contribution is 2.27. The maximum atomic E-state index is 5.21. The molecular formula is C19H18ClN2O-. The van der Waals surface area contributed by atoms with E-state index in [0.29, 0.717) is 0 Å². The Morgan fingerprint density at radius 2 is 1.43 bits per heavy atom. The van der Waals surface area contributed by atoms with Crippen molar-refractivity contribution in [3.8, 4) is 5.75 Å². The Labute approximate surface area is 142 Å². The van der Waals surface area contributed by atoms with Gasteiger partial charge in [0.15, 0.2) is 0 Å². The molecule has 0 aliphatic carbocycles. The second-order valence-electron chi connectivity index (χ2n) is 5.00. The lowest BCUT2D eigenvalue weighted by molar-refractivity contribution is -0.00000471. The highest BCUT2D eigenvalue weighted by atomic mass is 35.5. The number of anilines is 1. The van der Waals surface area contributed by atoms with Crippen LogP contribution in [0, 0.1) is 0 Å². The van der Waals surface area contributed by atoms with Gasteiger partial charge in [-0.2, -0.15) is 0 Å². The molecule has 0 aliphatic rings.